The lowest BCUT2D eigenvalue weighted by molar-refractivity contribution is 0.267. The fraction of sp³-hybridized carbons (Fsp3) is 0.600. The van der Waals surface area contributed by atoms with Gasteiger partial charge in [-0.3, -0.25) is 0 Å². The SMILES string of the molecule is CC(C)C(CCO)Nc1ccc(S(=O)(=O)NC2CC2)cc1. The van der Waals surface area contributed by atoms with E-state index in [9.17, 15) is 8.42 Å². The van der Waals surface area contributed by atoms with Gasteiger partial charge < -0.3 is 10.4 Å². The number of anilines is 1. The first-order valence-electron chi connectivity index (χ1n) is 7.42. The van der Waals surface area contributed by atoms with Crippen LogP contribution >= 0.6 is 0 Å². The van der Waals surface area contributed by atoms with Gasteiger partial charge in [-0.15, -0.1) is 0 Å². The van der Waals surface area contributed by atoms with Gasteiger partial charge in [0, 0.05) is 24.4 Å². The molecule has 1 saturated carbocycles. The molecule has 1 aromatic rings. The topological polar surface area (TPSA) is 78.4 Å². The minimum atomic E-state index is -3.39. The third kappa shape index (κ3) is 4.69. The highest BCUT2D eigenvalue weighted by Crippen LogP contribution is 2.23. The van der Waals surface area contributed by atoms with Crippen molar-refractivity contribution in [3.8, 4) is 0 Å². The van der Waals surface area contributed by atoms with Crippen molar-refractivity contribution in [3.63, 3.8) is 0 Å². The first-order valence-corrected chi connectivity index (χ1v) is 8.90. The van der Waals surface area contributed by atoms with E-state index < -0.39 is 10.0 Å². The van der Waals surface area contributed by atoms with Gasteiger partial charge in [-0.2, -0.15) is 0 Å². The maximum atomic E-state index is 12.1. The standard InChI is InChI=1S/C15H24N2O3S/c1-11(2)15(9-10-18)16-12-5-7-14(8-6-12)21(19,20)17-13-3-4-13/h5-8,11,13,15-18H,3-4,9-10H2,1-2H3. The molecule has 1 aromatic carbocycles. The monoisotopic (exact) mass is 312 g/mol. The van der Waals surface area contributed by atoms with Crippen LogP contribution in [-0.4, -0.2) is 32.2 Å². The summed E-state index contributed by atoms with van der Waals surface area (Å²) in [4.78, 5) is 0.295. The van der Waals surface area contributed by atoms with Gasteiger partial charge in [-0.25, -0.2) is 13.1 Å². The van der Waals surface area contributed by atoms with Gasteiger partial charge in [-0.1, -0.05) is 13.8 Å². The number of benzene rings is 1. The Kier molecular flexibility index (Phi) is 5.24. The molecule has 0 aliphatic heterocycles. The van der Waals surface area contributed by atoms with Gasteiger partial charge in [0.25, 0.3) is 0 Å². The average Bonchev–Trinajstić information content (AvgIpc) is 3.22. The number of sulfonamides is 1. The molecule has 1 aliphatic carbocycles. The zero-order valence-corrected chi connectivity index (χ0v) is 13.4. The van der Waals surface area contributed by atoms with Gasteiger partial charge in [0.2, 0.25) is 10.0 Å². The lowest BCUT2D eigenvalue weighted by atomic mass is 10.0. The van der Waals surface area contributed by atoms with E-state index in [-0.39, 0.29) is 18.7 Å². The molecule has 0 saturated heterocycles. The van der Waals surface area contributed by atoms with Crippen LogP contribution in [-0.2, 0) is 10.0 Å². The van der Waals surface area contributed by atoms with Crippen molar-refractivity contribution < 1.29 is 13.5 Å². The second kappa shape index (κ2) is 6.77. The van der Waals surface area contributed by atoms with Crippen LogP contribution in [0, 0.1) is 5.92 Å². The lowest BCUT2D eigenvalue weighted by Gasteiger charge is -2.22. The second-order valence-corrected chi connectivity index (χ2v) is 7.64. The quantitative estimate of drug-likeness (QED) is 0.685. The molecular formula is C15H24N2O3S. The van der Waals surface area contributed by atoms with Gasteiger partial charge in [-0.05, 0) is 49.4 Å². The van der Waals surface area contributed by atoms with Crippen LogP contribution in [0.2, 0.25) is 0 Å². The van der Waals surface area contributed by atoms with E-state index in [0.717, 1.165) is 18.5 Å². The summed E-state index contributed by atoms with van der Waals surface area (Å²) in [6.07, 6.45) is 2.52. The molecule has 1 atom stereocenters. The summed E-state index contributed by atoms with van der Waals surface area (Å²) in [6, 6.07) is 7.06. The van der Waals surface area contributed by atoms with Gasteiger partial charge >= 0.3 is 0 Å². The Bertz CT molecular complexity index is 551. The molecule has 3 N–H and O–H groups in total. The Labute approximate surface area is 126 Å². The highest BCUT2D eigenvalue weighted by atomic mass is 32.2. The van der Waals surface area contributed by atoms with Gasteiger partial charge in [0.05, 0.1) is 4.90 Å². The first-order chi connectivity index (χ1) is 9.92. The van der Waals surface area contributed by atoms with E-state index in [0.29, 0.717) is 17.2 Å². The van der Waals surface area contributed by atoms with Gasteiger partial charge in [0.15, 0.2) is 0 Å². The van der Waals surface area contributed by atoms with Crippen molar-refractivity contribution in [2.75, 3.05) is 11.9 Å². The molecule has 1 aliphatic rings. The van der Waals surface area contributed by atoms with Crippen LogP contribution < -0.4 is 10.0 Å². The van der Waals surface area contributed by atoms with Crippen LogP contribution in [0.25, 0.3) is 0 Å². The summed E-state index contributed by atoms with van der Waals surface area (Å²) in [5.74, 6) is 0.386. The maximum absolute atomic E-state index is 12.1. The van der Waals surface area contributed by atoms with Crippen molar-refractivity contribution in [3.05, 3.63) is 24.3 Å². The van der Waals surface area contributed by atoms with E-state index in [2.05, 4.69) is 23.9 Å². The molecule has 2 rings (SSSR count). The number of hydrogen-bond acceptors (Lipinski definition) is 4. The summed E-state index contributed by atoms with van der Waals surface area (Å²) in [5.41, 5.74) is 0.868. The van der Waals surface area contributed by atoms with Crippen molar-refractivity contribution in [2.24, 2.45) is 5.92 Å². The highest BCUT2D eigenvalue weighted by Gasteiger charge is 2.27. The minimum absolute atomic E-state index is 0.114. The Morgan fingerprint density at radius 2 is 1.86 bits per heavy atom. The Morgan fingerprint density at radius 1 is 1.24 bits per heavy atom. The molecule has 1 unspecified atom stereocenters. The largest absolute Gasteiger partial charge is 0.396 e. The van der Waals surface area contributed by atoms with Crippen LogP contribution in [0.5, 0.6) is 0 Å². The number of hydrogen-bond donors (Lipinski definition) is 3. The molecule has 6 heteroatoms. The van der Waals surface area contributed by atoms with Crippen molar-refractivity contribution >= 4 is 15.7 Å². The van der Waals surface area contributed by atoms with Crippen LogP contribution in [0.15, 0.2) is 29.2 Å². The predicted octanol–water partition coefficient (Wildman–Crippen LogP) is 1.95. The molecule has 0 heterocycles. The fourth-order valence-electron chi connectivity index (χ4n) is 2.14. The fourth-order valence-corrected chi connectivity index (χ4v) is 3.45. The summed E-state index contributed by atoms with van der Waals surface area (Å²) >= 11 is 0. The smallest absolute Gasteiger partial charge is 0.240 e. The van der Waals surface area contributed by atoms with E-state index in [1.807, 2.05) is 0 Å². The van der Waals surface area contributed by atoms with Crippen molar-refractivity contribution in [1.82, 2.24) is 4.72 Å². The molecule has 0 radical (unpaired) electrons. The third-order valence-electron chi connectivity index (χ3n) is 3.66. The number of aliphatic hydroxyl groups excluding tert-OH is 1. The number of rotatable bonds is 8. The van der Waals surface area contributed by atoms with Crippen molar-refractivity contribution in [1.29, 1.82) is 0 Å². The minimum Gasteiger partial charge on any atom is -0.396 e. The molecule has 118 valence electrons. The van der Waals surface area contributed by atoms with E-state index >= 15 is 0 Å². The molecule has 1 fully saturated rings. The summed E-state index contributed by atoms with van der Waals surface area (Å²) in [5, 5.41) is 12.4. The zero-order valence-electron chi connectivity index (χ0n) is 12.5. The zero-order chi connectivity index (χ0) is 15.5. The second-order valence-electron chi connectivity index (χ2n) is 5.93. The van der Waals surface area contributed by atoms with Gasteiger partial charge in [0.1, 0.15) is 0 Å². The summed E-state index contributed by atoms with van der Waals surface area (Å²) < 4.78 is 26.8. The summed E-state index contributed by atoms with van der Waals surface area (Å²) in [6.45, 7) is 4.31. The Hall–Kier alpha value is -1.11. The predicted molar refractivity (Wildman–Crippen MR) is 83.7 cm³/mol. The first kappa shape index (κ1) is 16.3. The molecule has 21 heavy (non-hydrogen) atoms. The average molecular weight is 312 g/mol. The van der Waals surface area contributed by atoms with E-state index in [4.69, 9.17) is 5.11 Å². The molecule has 0 bridgehead atoms. The van der Waals surface area contributed by atoms with E-state index in [1.54, 1.807) is 24.3 Å². The lowest BCUT2D eigenvalue weighted by Crippen LogP contribution is -2.27. The molecule has 5 nitrogen and oxygen atoms in total. The van der Waals surface area contributed by atoms with E-state index in [1.165, 1.54) is 0 Å². The Balaban J connectivity index is 2.04. The number of nitrogens with one attached hydrogen (secondary N) is 2. The van der Waals surface area contributed by atoms with Crippen LogP contribution in [0.3, 0.4) is 0 Å². The van der Waals surface area contributed by atoms with Crippen LogP contribution in [0.4, 0.5) is 5.69 Å². The van der Waals surface area contributed by atoms with Crippen molar-refractivity contribution in [2.45, 2.75) is 50.1 Å². The summed E-state index contributed by atoms with van der Waals surface area (Å²) in [7, 11) is -3.39. The third-order valence-corrected chi connectivity index (χ3v) is 5.20. The molecule has 0 aromatic heterocycles. The molecule has 0 spiro atoms. The highest BCUT2D eigenvalue weighted by molar-refractivity contribution is 7.89. The Morgan fingerprint density at radius 3 is 2.33 bits per heavy atom. The van der Waals surface area contributed by atoms with Crippen LogP contribution in [0.1, 0.15) is 33.1 Å². The normalized spacial score (nSPS) is 17.0. The molecular weight excluding hydrogens is 288 g/mol. The molecule has 0 amide bonds. The number of aliphatic hydroxyl groups is 1. The maximum Gasteiger partial charge on any atom is 0.240 e.